The third kappa shape index (κ3) is 3.50. The van der Waals surface area contributed by atoms with Gasteiger partial charge >= 0.3 is 0 Å². The van der Waals surface area contributed by atoms with Crippen molar-refractivity contribution in [3.05, 3.63) is 29.8 Å². The van der Waals surface area contributed by atoms with Crippen LogP contribution in [-0.2, 0) is 9.63 Å². The molecule has 0 unspecified atom stereocenters. The molecular weight excluding hydrogens is 256 g/mol. The molecule has 1 heterocycles. The Hall–Kier alpha value is -2.04. The van der Waals surface area contributed by atoms with Gasteiger partial charge in [-0.3, -0.25) is 4.79 Å². The molecule has 1 aliphatic heterocycles. The van der Waals surface area contributed by atoms with Crippen molar-refractivity contribution in [3.8, 4) is 5.75 Å². The van der Waals surface area contributed by atoms with E-state index < -0.39 is 6.10 Å². The minimum Gasteiger partial charge on any atom is -0.497 e. The molecule has 1 aliphatic rings. The summed E-state index contributed by atoms with van der Waals surface area (Å²) in [6.45, 7) is 4.75. The summed E-state index contributed by atoms with van der Waals surface area (Å²) in [4.78, 5) is 17.1. The third-order valence-corrected chi connectivity index (χ3v) is 3.07. The first-order chi connectivity index (χ1) is 9.60. The van der Waals surface area contributed by atoms with E-state index in [0.717, 1.165) is 17.0 Å². The fourth-order valence-electron chi connectivity index (χ4n) is 1.89. The van der Waals surface area contributed by atoms with Crippen molar-refractivity contribution in [2.45, 2.75) is 26.4 Å². The Morgan fingerprint density at radius 1 is 1.45 bits per heavy atom. The number of carbonyl (C=O) groups excluding carboxylic acids is 1. The summed E-state index contributed by atoms with van der Waals surface area (Å²) in [6.07, 6.45) is -0.0261. The fourth-order valence-corrected chi connectivity index (χ4v) is 1.89. The zero-order valence-corrected chi connectivity index (χ0v) is 12.1. The maximum Gasteiger partial charge on any atom is 0.264 e. The molecule has 5 heteroatoms. The summed E-state index contributed by atoms with van der Waals surface area (Å²) in [7, 11) is 1.63. The van der Waals surface area contributed by atoms with Crippen LogP contribution in [-0.4, -0.2) is 31.4 Å². The quantitative estimate of drug-likeness (QED) is 0.894. The highest BCUT2D eigenvalue weighted by molar-refractivity contribution is 6.04. The van der Waals surface area contributed by atoms with Crippen molar-refractivity contribution in [1.82, 2.24) is 5.32 Å². The van der Waals surface area contributed by atoms with Gasteiger partial charge in [0.15, 0.2) is 0 Å². The third-order valence-electron chi connectivity index (χ3n) is 3.07. The molecule has 0 bridgehead atoms. The van der Waals surface area contributed by atoms with Gasteiger partial charge in [-0.2, -0.15) is 0 Å². The lowest BCUT2D eigenvalue weighted by Crippen LogP contribution is -2.36. The van der Waals surface area contributed by atoms with Crippen molar-refractivity contribution in [1.29, 1.82) is 0 Å². The summed E-state index contributed by atoms with van der Waals surface area (Å²) in [5.74, 6) is 1.10. The normalized spacial score (nSPS) is 17.6. The van der Waals surface area contributed by atoms with E-state index in [0.29, 0.717) is 18.9 Å². The van der Waals surface area contributed by atoms with Crippen LogP contribution in [0.4, 0.5) is 0 Å². The molecule has 0 fully saturated rings. The second-order valence-electron chi connectivity index (χ2n) is 5.20. The number of carbonyl (C=O) groups is 1. The van der Waals surface area contributed by atoms with Crippen LogP contribution in [0.2, 0.25) is 0 Å². The topological polar surface area (TPSA) is 59.9 Å². The van der Waals surface area contributed by atoms with E-state index >= 15 is 0 Å². The van der Waals surface area contributed by atoms with E-state index in [1.165, 1.54) is 0 Å². The molecule has 1 aromatic rings. The molecule has 5 nitrogen and oxygen atoms in total. The molecule has 0 aromatic heterocycles. The van der Waals surface area contributed by atoms with Gasteiger partial charge in [0.05, 0.1) is 12.8 Å². The predicted molar refractivity (Wildman–Crippen MR) is 76.9 cm³/mol. The van der Waals surface area contributed by atoms with Crippen LogP contribution in [0.5, 0.6) is 5.75 Å². The van der Waals surface area contributed by atoms with Gasteiger partial charge in [-0.1, -0.05) is 19.0 Å². The van der Waals surface area contributed by atoms with E-state index in [1.54, 1.807) is 7.11 Å². The number of oxime groups is 1. The second kappa shape index (κ2) is 6.41. The van der Waals surface area contributed by atoms with Gasteiger partial charge in [-0.25, -0.2) is 0 Å². The average molecular weight is 276 g/mol. The lowest BCUT2D eigenvalue weighted by Gasteiger charge is -2.10. The van der Waals surface area contributed by atoms with Crippen LogP contribution in [0, 0.1) is 5.92 Å². The Morgan fingerprint density at radius 3 is 2.75 bits per heavy atom. The Morgan fingerprint density at radius 2 is 2.15 bits per heavy atom. The van der Waals surface area contributed by atoms with Gasteiger partial charge < -0.3 is 14.9 Å². The lowest BCUT2D eigenvalue weighted by molar-refractivity contribution is -0.131. The molecule has 2 rings (SSSR count). The monoisotopic (exact) mass is 276 g/mol. The second-order valence-corrected chi connectivity index (χ2v) is 5.20. The molecule has 0 aliphatic carbocycles. The standard InChI is InChI=1S/C15H20N2O3/c1-10(2)9-16-15(18)14-8-13(17-20-14)11-4-6-12(19-3)7-5-11/h4-7,10,14H,8-9H2,1-3H3,(H,16,18)/t14-/m1/s1. The zero-order chi connectivity index (χ0) is 14.5. The Balaban J connectivity index is 1.92. The number of hydrogen-bond donors (Lipinski definition) is 1. The maximum atomic E-state index is 11.9. The summed E-state index contributed by atoms with van der Waals surface area (Å²) < 4.78 is 5.11. The van der Waals surface area contributed by atoms with Crippen LogP contribution in [0.25, 0.3) is 0 Å². The minimum atomic E-state index is -0.522. The number of methoxy groups -OCH3 is 1. The van der Waals surface area contributed by atoms with E-state index in [9.17, 15) is 4.79 Å². The molecule has 1 atom stereocenters. The van der Waals surface area contributed by atoms with Crippen LogP contribution in [0.3, 0.4) is 0 Å². The molecule has 1 N–H and O–H groups in total. The number of nitrogens with zero attached hydrogens (tertiary/aromatic N) is 1. The molecule has 1 amide bonds. The van der Waals surface area contributed by atoms with Crippen LogP contribution >= 0.6 is 0 Å². The van der Waals surface area contributed by atoms with Gasteiger partial charge in [0.25, 0.3) is 5.91 Å². The minimum absolute atomic E-state index is 0.106. The Kier molecular flexibility index (Phi) is 4.61. The van der Waals surface area contributed by atoms with Crippen LogP contribution < -0.4 is 10.1 Å². The summed E-state index contributed by atoms with van der Waals surface area (Å²) in [6, 6.07) is 7.55. The van der Waals surface area contributed by atoms with Gasteiger partial charge in [-0.05, 0) is 35.7 Å². The molecular formula is C15H20N2O3. The SMILES string of the molecule is COc1ccc(C2=NO[C@@H](C(=O)NCC(C)C)C2)cc1. The smallest absolute Gasteiger partial charge is 0.264 e. The van der Waals surface area contributed by atoms with E-state index in [-0.39, 0.29) is 5.91 Å². The largest absolute Gasteiger partial charge is 0.497 e. The van der Waals surface area contributed by atoms with Crippen molar-refractivity contribution < 1.29 is 14.4 Å². The van der Waals surface area contributed by atoms with Crippen molar-refractivity contribution in [2.24, 2.45) is 11.1 Å². The zero-order valence-electron chi connectivity index (χ0n) is 12.1. The van der Waals surface area contributed by atoms with E-state index in [2.05, 4.69) is 24.3 Å². The highest BCUT2D eigenvalue weighted by Gasteiger charge is 2.28. The molecule has 0 saturated heterocycles. The number of ether oxygens (including phenoxy) is 1. The Bertz CT molecular complexity index is 494. The lowest BCUT2D eigenvalue weighted by atomic mass is 10.0. The number of nitrogens with one attached hydrogen (secondary N) is 1. The van der Waals surface area contributed by atoms with Gasteiger partial charge in [-0.15, -0.1) is 0 Å². The Labute approximate surface area is 118 Å². The first kappa shape index (κ1) is 14.4. The molecule has 0 radical (unpaired) electrons. The molecule has 0 saturated carbocycles. The molecule has 1 aromatic carbocycles. The summed E-state index contributed by atoms with van der Waals surface area (Å²) in [5.41, 5.74) is 1.74. The van der Waals surface area contributed by atoms with Crippen molar-refractivity contribution >= 4 is 11.6 Å². The van der Waals surface area contributed by atoms with Crippen LogP contribution in [0.15, 0.2) is 29.4 Å². The van der Waals surface area contributed by atoms with Crippen LogP contribution in [0.1, 0.15) is 25.8 Å². The fraction of sp³-hybridized carbons (Fsp3) is 0.467. The van der Waals surface area contributed by atoms with Gasteiger partial charge in [0.2, 0.25) is 6.10 Å². The molecule has 108 valence electrons. The number of amides is 1. The van der Waals surface area contributed by atoms with Crippen molar-refractivity contribution in [2.75, 3.05) is 13.7 Å². The summed E-state index contributed by atoms with van der Waals surface area (Å²) in [5, 5.41) is 6.86. The average Bonchev–Trinajstić information content (AvgIpc) is 2.94. The van der Waals surface area contributed by atoms with E-state index in [4.69, 9.17) is 9.57 Å². The highest BCUT2D eigenvalue weighted by atomic mass is 16.6. The highest BCUT2D eigenvalue weighted by Crippen LogP contribution is 2.19. The molecule has 0 spiro atoms. The number of benzene rings is 1. The molecule has 20 heavy (non-hydrogen) atoms. The predicted octanol–water partition coefficient (Wildman–Crippen LogP) is 1.96. The van der Waals surface area contributed by atoms with Gasteiger partial charge in [0, 0.05) is 13.0 Å². The number of hydrogen-bond acceptors (Lipinski definition) is 4. The number of rotatable bonds is 5. The summed E-state index contributed by atoms with van der Waals surface area (Å²) >= 11 is 0. The first-order valence-electron chi connectivity index (χ1n) is 6.75. The van der Waals surface area contributed by atoms with Crippen molar-refractivity contribution in [3.63, 3.8) is 0 Å². The maximum absolute atomic E-state index is 11.9. The van der Waals surface area contributed by atoms with E-state index in [1.807, 2.05) is 24.3 Å². The first-order valence-corrected chi connectivity index (χ1v) is 6.75. The van der Waals surface area contributed by atoms with Gasteiger partial charge in [0.1, 0.15) is 5.75 Å².